The van der Waals surface area contributed by atoms with Crippen molar-refractivity contribution in [2.45, 2.75) is 13.5 Å². The normalized spacial score (nSPS) is 20.8. The number of carbonyl (C=O) groups is 1. The summed E-state index contributed by atoms with van der Waals surface area (Å²) in [5.41, 5.74) is 4.67. The van der Waals surface area contributed by atoms with E-state index in [1.165, 1.54) is 12.1 Å². The lowest BCUT2D eigenvalue weighted by Gasteiger charge is -2.38. The number of nitrogens with one attached hydrogen (secondary N) is 1. The number of rotatable bonds is 3. The maximum absolute atomic E-state index is 13.5. The predicted molar refractivity (Wildman–Crippen MR) is 108 cm³/mol. The monoisotopic (exact) mass is 395 g/mol. The summed E-state index contributed by atoms with van der Waals surface area (Å²) in [4.78, 5) is 12.6. The van der Waals surface area contributed by atoms with Gasteiger partial charge in [-0.1, -0.05) is 0 Å². The van der Waals surface area contributed by atoms with Gasteiger partial charge in [-0.15, -0.1) is 0 Å². The summed E-state index contributed by atoms with van der Waals surface area (Å²) in [6.07, 6.45) is 0. The summed E-state index contributed by atoms with van der Waals surface area (Å²) >= 11 is 0. The molecule has 150 valence electrons. The first kappa shape index (κ1) is 18.1. The number of amides is 1. The van der Waals surface area contributed by atoms with E-state index in [1.807, 2.05) is 6.07 Å². The third-order valence-corrected chi connectivity index (χ3v) is 5.59. The molecular formula is C22H22FN3O3. The maximum atomic E-state index is 13.5. The minimum Gasteiger partial charge on any atom is -0.487 e. The van der Waals surface area contributed by atoms with E-state index in [2.05, 4.69) is 34.4 Å². The van der Waals surface area contributed by atoms with Crippen LogP contribution in [0.25, 0.3) is 11.3 Å². The Kier molecular flexibility index (Phi) is 4.49. The smallest absolute Gasteiger partial charge is 0.260 e. The van der Waals surface area contributed by atoms with Crippen molar-refractivity contribution in [2.75, 3.05) is 43.2 Å². The van der Waals surface area contributed by atoms with Gasteiger partial charge in [0.05, 0.1) is 30.2 Å². The quantitative estimate of drug-likeness (QED) is 0.809. The summed E-state index contributed by atoms with van der Waals surface area (Å²) in [6, 6.07) is 10.5. The van der Waals surface area contributed by atoms with Gasteiger partial charge in [-0.25, -0.2) is 9.40 Å². The average molecular weight is 395 g/mol. The molecule has 2 aromatic carbocycles. The first-order valence-electron chi connectivity index (χ1n) is 9.87. The van der Waals surface area contributed by atoms with Gasteiger partial charge in [0.25, 0.3) is 5.91 Å². The molecule has 0 spiro atoms. The van der Waals surface area contributed by atoms with Crippen molar-refractivity contribution in [3.05, 3.63) is 58.9 Å². The molecule has 5 rings (SSSR count). The molecule has 0 saturated carbocycles. The molecule has 3 aliphatic rings. The number of anilines is 2. The van der Waals surface area contributed by atoms with Crippen molar-refractivity contribution < 1.29 is 18.7 Å². The molecule has 6 nitrogen and oxygen atoms in total. The lowest BCUT2D eigenvalue weighted by Crippen LogP contribution is -2.49. The molecule has 0 radical (unpaired) electrons. The molecule has 2 aromatic rings. The average Bonchev–Trinajstić information content (AvgIpc) is 3.28. The Hall–Kier alpha value is -2.90. The van der Waals surface area contributed by atoms with Crippen LogP contribution in [-0.2, 0) is 20.9 Å². The van der Waals surface area contributed by atoms with Crippen molar-refractivity contribution in [1.82, 2.24) is 5.01 Å². The minimum atomic E-state index is -0.379. The second-order valence-corrected chi connectivity index (χ2v) is 7.26. The van der Waals surface area contributed by atoms with Crippen molar-refractivity contribution in [3.8, 4) is 0 Å². The molecule has 0 unspecified atom stereocenters. The Balaban J connectivity index is 1.52. The summed E-state index contributed by atoms with van der Waals surface area (Å²) in [5, 5.41) is 7.29. The van der Waals surface area contributed by atoms with Crippen LogP contribution in [0.1, 0.15) is 23.6 Å². The van der Waals surface area contributed by atoms with Gasteiger partial charge < -0.3 is 19.8 Å². The van der Waals surface area contributed by atoms with E-state index < -0.39 is 0 Å². The molecule has 1 fully saturated rings. The highest BCUT2D eigenvalue weighted by Crippen LogP contribution is 2.42. The van der Waals surface area contributed by atoms with Crippen molar-refractivity contribution >= 4 is 28.6 Å². The predicted octanol–water partition coefficient (Wildman–Crippen LogP) is 3.25. The number of hydrogen-bond donors (Lipinski definition) is 1. The Morgan fingerprint density at radius 2 is 1.93 bits per heavy atom. The Morgan fingerprint density at radius 1 is 1.14 bits per heavy atom. The highest BCUT2D eigenvalue weighted by atomic mass is 19.1. The first-order valence-corrected chi connectivity index (χ1v) is 9.87. The summed E-state index contributed by atoms with van der Waals surface area (Å²) in [5.74, 6) is -0.0830. The summed E-state index contributed by atoms with van der Waals surface area (Å²) < 4.78 is 24.9. The van der Waals surface area contributed by atoms with Crippen LogP contribution in [0.5, 0.6) is 0 Å². The molecule has 3 heterocycles. The highest BCUT2D eigenvalue weighted by Gasteiger charge is 2.33. The number of carbonyl (C=O) groups excluding carboxylic acids is 1. The third-order valence-electron chi connectivity index (χ3n) is 5.59. The Morgan fingerprint density at radius 3 is 2.72 bits per heavy atom. The van der Waals surface area contributed by atoms with E-state index in [4.69, 9.17) is 9.47 Å². The van der Waals surface area contributed by atoms with Gasteiger partial charge in [0.1, 0.15) is 18.2 Å². The van der Waals surface area contributed by atoms with Crippen LogP contribution >= 0.6 is 0 Å². The van der Waals surface area contributed by atoms with Crippen LogP contribution in [0.15, 0.2) is 36.4 Å². The Bertz CT molecular complexity index is 1010. The van der Waals surface area contributed by atoms with Gasteiger partial charge in [-0.3, -0.25) is 4.79 Å². The van der Waals surface area contributed by atoms with Gasteiger partial charge in [-0.05, 0) is 43.3 Å². The molecule has 0 atom stereocenters. The van der Waals surface area contributed by atoms with Crippen LogP contribution in [-0.4, -0.2) is 43.8 Å². The second-order valence-electron chi connectivity index (χ2n) is 7.26. The highest BCUT2D eigenvalue weighted by molar-refractivity contribution is 6.36. The largest absolute Gasteiger partial charge is 0.487 e. The molecule has 3 aliphatic heterocycles. The van der Waals surface area contributed by atoms with Crippen LogP contribution in [0, 0.1) is 5.82 Å². The van der Waals surface area contributed by atoms with E-state index in [1.54, 1.807) is 6.07 Å². The fourth-order valence-electron chi connectivity index (χ4n) is 4.23. The molecule has 1 N–H and O–H groups in total. The summed E-state index contributed by atoms with van der Waals surface area (Å²) in [6.45, 7) is 6.59. The molecule has 7 heteroatoms. The zero-order valence-electron chi connectivity index (χ0n) is 16.2. The van der Waals surface area contributed by atoms with E-state index in [0.29, 0.717) is 29.2 Å². The molecule has 29 heavy (non-hydrogen) atoms. The number of nitrogens with zero attached hydrogens (tertiary/aromatic N) is 2. The van der Waals surface area contributed by atoms with Gasteiger partial charge in [0, 0.05) is 36.3 Å². The van der Waals surface area contributed by atoms with E-state index in [9.17, 15) is 9.18 Å². The van der Waals surface area contributed by atoms with Crippen molar-refractivity contribution in [3.63, 3.8) is 0 Å². The van der Waals surface area contributed by atoms with Crippen LogP contribution in [0.3, 0.4) is 0 Å². The SMILES string of the molecule is CCN(c1ccc2c(c1)COC2=C1C(=O)Nc2cc(F)ccc21)N1CCOCC1. The first-order chi connectivity index (χ1) is 14.2. The van der Waals surface area contributed by atoms with E-state index in [-0.39, 0.29) is 11.7 Å². The second kappa shape index (κ2) is 7.17. The van der Waals surface area contributed by atoms with Gasteiger partial charge in [0.15, 0.2) is 0 Å². The molecule has 1 amide bonds. The van der Waals surface area contributed by atoms with E-state index >= 15 is 0 Å². The lowest BCUT2D eigenvalue weighted by atomic mass is 10.00. The number of morpholine rings is 1. The fourth-order valence-corrected chi connectivity index (χ4v) is 4.23. The van der Waals surface area contributed by atoms with Crippen LogP contribution < -0.4 is 10.3 Å². The number of fused-ring (bicyclic) bond motifs is 2. The third kappa shape index (κ3) is 3.07. The summed E-state index contributed by atoms with van der Waals surface area (Å²) in [7, 11) is 0. The van der Waals surface area contributed by atoms with Crippen molar-refractivity contribution in [2.24, 2.45) is 0 Å². The van der Waals surface area contributed by atoms with Crippen LogP contribution in [0.2, 0.25) is 0 Å². The van der Waals surface area contributed by atoms with Gasteiger partial charge >= 0.3 is 0 Å². The molecular weight excluding hydrogens is 373 g/mol. The number of hydrazine groups is 1. The number of hydrogen-bond acceptors (Lipinski definition) is 5. The van der Waals surface area contributed by atoms with Gasteiger partial charge in [-0.2, -0.15) is 0 Å². The molecule has 0 bridgehead atoms. The van der Waals surface area contributed by atoms with Crippen LogP contribution in [0.4, 0.5) is 15.8 Å². The van der Waals surface area contributed by atoms with Crippen molar-refractivity contribution in [1.29, 1.82) is 0 Å². The molecule has 0 aromatic heterocycles. The van der Waals surface area contributed by atoms with Gasteiger partial charge in [0.2, 0.25) is 0 Å². The fraction of sp³-hybridized carbons (Fsp3) is 0.318. The topological polar surface area (TPSA) is 54.0 Å². The zero-order chi connectivity index (χ0) is 20.0. The number of benzene rings is 2. The molecule has 1 saturated heterocycles. The Labute approximate surface area is 168 Å². The van der Waals surface area contributed by atoms with E-state index in [0.717, 1.165) is 49.7 Å². The standard InChI is InChI=1S/C22H22FN3O3/c1-2-26(25-7-9-28-10-8-25)16-4-6-17-14(11-16)13-29-21(17)20-18-5-3-15(23)12-19(18)24-22(20)27/h3-6,11-12H,2,7-10,13H2,1H3,(H,24,27). The lowest BCUT2D eigenvalue weighted by molar-refractivity contribution is -0.110. The number of ether oxygens (including phenoxy) is 2. The number of halogens is 1. The zero-order valence-corrected chi connectivity index (χ0v) is 16.2. The molecule has 0 aliphatic carbocycles. The minimum absolute atomic E-state index is 0.263. The maximum Gasteiger partial charge on any atom is 0.260 e.